The smallest absolute Gasteiger partial charge is 0.407 e. The van der Waals surface area contributed by atoms with E-state index in [1.54, 1.807) is 0 Å². The highest BCUT2D eigenvalue weighted by Crippen LogP contribution is 2.30. The van der Waals surface area contributed by atoms with Gasteiger partial charge in [0.2, 0.25) is 0 Å². The average Bonchev–Trinajstić information content (AvgIpc) is 2.31. The van der Waals surface area contributed by atoms with Crippen molar-refractivity contribution in [2.75, 3.05) is 0 Å². The van der Waals surface area contributed by atoms with Crippen LogP contribution in [0.3, 0.4) is 0 Å². The molecule has 0 aliphatic heterocycles. The summed E-state index contributed by atoms with van der Waals surface area (Å²) in [7, 11) is 0. The molecule has 4 heteroatoms. The number of rotatable bonds is 5. The molecule has 0 aliphatic carbocycles. The summed E-state index contributed by atoms with van der Waals surface area (Å²) in [4.78, 5) is 11.6. The molecule has 0 saturated carbocycles. The Morgan fingerprint density at radius 2 is 1.95 bits per heavy atom. The van der Waals surface area contributed by atoms with Crippen molar-refractivity contribution in [2.24, 2.45) is 0 Å². The Morgan fingerprint density at radius 1 is 1.32 bits per heavy atom. The molecule has 0 spiro atoms. The van der Waals surface area contributed by atoms with Gasteiger partial charge in [0.15, 0.2) is 0 Å². The molecular weight excluding hydrogens is 262 g/mol. The molecule has 3 nitrogen and oxygen atoms in total. The van der Waals surface area contributed by atoms with Crippen LogP contribution in [0.1, 0.15) is 45.6 Å². The molecule has 0 bridgehead atoms. The van der Waals surface area contributed by atoms with E-state index in [1.807, 2.05) is 45.0 Å². The molecule has 0 heterocycles. The molecular formula is C15H22ClNO2. The van der Waals surface area contributed by atoms with Gasteiger partial charge in [0.1, 0.15) is 6.10 Å². The second kappa shape index (κ2) is 7.39. The van der Waals surface area contributed by atoms with Crippen LogP contribution in [0.25, 0.3) is 0 Å². The summed E-state index contributed by atoms with van der Waals surface area (Å²) in [6, 6.07) is 7.76. The topological polar surface area (TPSA) is 38.3 Å². The first-order chi connectivity index (χ1) is 8.95. The van der Waals surface area contributed by atoms with Crippen molar-refractivity contribution in [3.8, 4) is 0 Å². The van der Waals surface area contributed by atoms with Gasteiger partial charge in [-0.25, -0.2) is 4.79 Å². The molecule has 1 rings (SSSR count). The van der Waals surface area contributed by atoms with Crippen LogP contribution in [-0.4, -0.2) is 18.2 Å². The summed E-state index contributed by atoms with van der Waals surface area (Å²) in [5.41, 5.74) is 1.02. The van der Waals surface area contributed by atoms with Gasteiger partial charge in [-0.3, -0.25) is 0 Å². The van der Waals surface area contributed by atoms with Gasteiger partial charge >= 0.3 is 6.09 Å². The van der Waals surface area contributed by atoms with Crippen molar-refractivity contribution in [1.29, 1.82) is 0 Å². The van der Waals surface area contributed by atoms with Crippen molar-refractivity contribution >= 4 is 17.7 Å². The molecule has 2 atom stereocenters. The van der Waals surface area contributed by atoms with Gasteiger partial charge in [0.25, 0.3) is 0 Å². The number of benzene rings is 1. The number of hydrogen-bond donors (Lipinski definition) is 1. The number of nitrogens with one attached hydrogen (secondary N) is 1. The lowest BCUT2D eigenvalue weighted by Gasteiger charge is -2.24. The fraction of sp³-hybridized carbons (Fsp3) is 0.533. The molecule has 1 aromatic carbocycles. The third-order valence-electron chi connectivity index (χ3n) is 3.01. The maximum absolute atomic E-state index is 11.6. The highest BCUT2D eigenvalue weighted by molar-refractivity contribution is 6.31. The number of hydrogen-bond acceptors (Lipinski definition) is 2. The van der Waals surface area contributed by atoms with Crippen LogP contribution in [0.15, 0.2) is 24.3 Å². The maximum atomic E-state index is 11.6. The zero-order valence-corrected chi connectivity index (χ0v) is 12.7. The highest BCUT2D eigenvalue weighted by atomic mass is 35.5. The first-order valence-electron chi connectivity index (χ1n) is 6.67. The molecule has 19 heavy (non-hydrogen) atoms. The number of carbonyl (C=O) groups excluding carboxylic acids is 1. The van der Waals surface area contributed by atoms with Crippen molar-refractivity contribution in [1.82, 2.24) is 5.32 Å². The van der Waals surface area contributed by atoms with Crippen molar-refractivity contribution < 1.29 is 9.53 Å². The first kappa shape index (κ1) is 15.8. The Labute approximate surface area is 120 Å². The number of carbonyl (C=O) groups is 1. The van der Waals surface area contributed by atoms with E-state index >= 15 is 0 Å². The first-order valence-corrected chi connectivity index (χ1v) is 7.05. The predicted octanol–water partition coefficient (Wildman–Crippen LogP) is 4.36. The third kappa shape index (κ3) is 4.75. The molecule has 0 radical (unpaired) electrons. The fourth-order valence-electron chi connectivity index (χ4n) is 2.10. The molecule has 0 saturated heterocycles. The summed E-state index contributed by atoms with van der Waals surface area (Å²) in [6.07, 6.45) is 0.261. The lowest BCUT2D eigenvalue weighted by Crippen LogP contribution is -2.34. The van der Waals surface area contributed by atoms with Crippen LogP contribution in [0.4, 0.5) is 4.79 Å². The summed E-state index contributed by atoms with van der Waals surface area (Å²) in [5.74, 6) is 0.103. The van der Waals surface area contributed by atoms with E-state index in [0.717, 1.165) is 12.0 Å². The van der Waals surface area contributed by atoms with Gasteiger partial charge in [0, 0.05) is 17.0 Å². The molecule has 106 valence electrons. The molecule has 0 fully saturated rings. The Hall–Kier alpha value is -1.22. The number of alkyl carbamates (subject to hydrolysis) is 1. The fourth-order valence-corrected chi connectivity index (χ4v) is 2.38. The minimum atomic E-state index is -0.381. The van der Waals surface area contributed by atoms with E-state index in [-0.39, 0.29) is 24.2 Å². The van der Waals surface area contributed by atoms with Gasteiger partial charge in [-0.2, -0.15) is 0 Å². The van der Waals surface area contributed by atoms with Gasteiger partial charge < -0.3 is 10.1 Å². The zero-order chi connectivity index (χ0) is 14.4. The Morgan fingerprint density at radius 3 is 2.47 bits per heavy atom. The summed E-state index contributed by atoms with van der Waals surface area (Å²) in [5, 5.41) is 3.44. The molecule has 0 aliphatic rings. The monoisotopic (exact) mass is 283 g/mol. The van der Waals surface area contributed by atoms with Gasteiger partial charge in [0.05, 0.1) is 0 Å². The standard InChI is InChI=1S/C15H22ClNO2/c1-5-12(13-8-6-7-9-14(13)16)11(4)19-15(18)17-10(2)3/h6-12H,5H2,1-4H3,(H,17,18). The molecule has 1 amide bonds. The van der Waals surface area contributed by atoms with Crippen molar-refractivity contribution in [2.45, 2.75) is 52.2 Å². The Bertz CT molecular complexity index is 420. The van der Waals surface area contributed by atoms with Crippen molar-refractivity contribution in [3.63, 3.8) is 0 Å². The van der Waals surface area contributed by atoms with Crippen LogP contribution in [0, 0.1) is 0 Å². The van der Waals surface area contributed by atoms with Crippen LogP contribution >= 0.6 is 11.6 Å². The summed E-state index contributed by atoms with van der Waals surface area (Å²) in [6.45, 7) is 7.76. The highest BCUT2D eigenvalue weighted by Gasteiger charge is 2.23. The molecule has 2 unspecified atom stereocenters. The third-order valence-corrected chi connectivity index (χ3v) is 3.35. The minimum absolute atomic E-state index is 0.0695. The van der Waals surface area contributed by atoms with Crippen LogP contribution in [0.2, 0.25) is 5.02 Å². The van der Waals surface area contributed by atoms with E-state index in [9.17, 15) is 4.79 Å². The van der Waals surface area contributed by atoms with Gasteiger partial charge in [-0.05, 0) is 38.8 Å². The zero-order valence-electron chi connectivity index (χ0n) is 11.9. The average molecular weight is 284 g/mol. The largest absolute Gasteiger partial charge is 0.446 e. The number of ether oxygens (including phenoxy) is 1. The quantitative estimate of drug-likeness (QED) is 0.872. The Kier molecular flexibility index (Phi) is 6.16. The van der Waals surface area contributed by atoms with Gasteiger partial charge in [-0.1, -0.05) is 36.7 Å². The van der Waals surface area contributed by atoms with Crippen molar-refractivity contribution in [3.05, 3.63) is 34.9 Å². The normalized spacial score (nSPS) is 14.0. The Balaban J connectivity index is 2.75. The molecule has 1 aromatic rings. The van der Waals surface area contributed by atoms with Crippen LogP contribution in [0.5, 0.6) is 0 Å². The summed E-state index contributed by atoms with van der Waals surface area (Å²) < 4.78 is 5.41. The van der Waals surface area contributed by atoms with E-state index in [0.29, 0.717) is 5.02 Å². The second-order valence-corrected chi connectivity index (χ2v) is 5.35. The van der Waals surface area contributed by atoms with E-state index in [2.05, 4.69) is 12.2 Å². The molecule has 1 N–H and O–H groups in total. The number of halogens is 1. The predicted molar refractivity (Wildman–Crippen MR) is 78.7 cm³/mol. The van der Waals surface area contributed by atoms with E-state index in [4.69, 9.17) is 16.3 Å². The summed E-state index contributed by atoms with van der Waals surface area (Å²) >= 11 is 6.21. The maximum Gasteiger partial charge on any atom is 0.407 e. The lowest BCUT2D eigenvalue weighted by molar-refractivity contribution is 0.0888. The lowest BCUT2D eigenvalue weighted by atomic mass is 9.92. The van der Waals surface area contributed by atoms with E-state index in [1.165, 1.54) is 0 Å². The second-order valence-electron chi connectivity index (χ2n) is 4.95. The van der Waals surface area contributed by atoms with Gasteiger partial charge in [-0.15, -0.1) is 0 Å². The number of amides is 1. The molecule has 0 aromatic heterocycles. The van der Waals surface area contributed by atoms with E-state index < -0.39 is 0 Å². The van der Waals surface area contributed by atoms with Crippen LogP contribution < -0.4 is 5.32 Å². The minimum Gasteiger partial charge on any atom is -0.446 e. The SMILES string of the molecule is CCC(c1ccccc1Cl)C(C)OC(=O)NC(C)C. The van der Waals surface area contributed by atoms with Crippen LogP contribution in [-0.2, 0) is 4.74 Å².